The van der Waals surface area contributed by atoms with E-state index in [9.17, 15) is 0 Å². The molecule has 0 spiro atoms. The molecule has 0 radical (unpaired) electrons. The Morgan fingerprint density at radius 1 is 1.25 bits per heavy atom. The first-order valence-corrected chi connectivity index (χ1v) is 8.16. The van der Waals surface area contributed by atoms with Gasteiger partial charge in [-0.15, -0.1) is 0 Å². The fourth-order valence-corrected chi connectivity index (χ4v) is 4.09. The Balaban J connectivity index is 1.78. The summed E-state index contributed by atoms with van der Waals surface area (Å²) in [5.74, 6) is 3.61. The van der Waals surface area contributed by atoms with Gasteiger partial charge in [-0.05, 0) is 55.7 Å². The van der Waals surface area contributed by atoms with E-state index in [1.54, 1.807) is 0 Å². The Bertz CT molecular complexity index is 436. The third kappa shape index (κ3) is 2.69. The van der Waals surface area contributed by atoms with Gasteiger partial charge in [-0.2, -0.15) is 0 Å². The molecule has 3 nitrogen and oxygen atoms in total. The number of rotatable bonds is 6. The van der Waals surface area contributed by atoms with Crippen molar-refractivity contribution in [3.8, 4) is 5.75 Å². The largest absolute Gasteiger partial charge is 0.492 e. The summed E-state index contributed by atoms with van der Waals surface area (Å²) in [5.41, 5.74) is 1.30. The van der Waals surface area contributed by atoms with Crippen molar-refractivity contribution in [3.05, 3.63) is 24.0 Å². The Kier molecular flexibility index (Phi) is 4.25. The minimum absolute atomic E-state index is 0.459. The number of hydrogen-bond donors (Lipinski definition) is 1. The Morgan fingerprint density at radius 3 is 2.65 bits per heavy atom. The van der Waals surface area contributed by atoms with Gasteiger partial charge in [0, 0.05) is 12.2 Å². The number of pyridine rings is 1. The van der Waals surface area contributed by atoms with Crippen molar-refractivity contribution in [3.63, 3.8) is 0 Å². The molecule has 3 atom stereocenters. The molecule has 1 heterocycles. The molecular weight excluding hydrogens is 248 g/mol. The van der Waals surface area contributed by atoms with E-state index in [0.29, 0.717) is 12.6 Å². The normalized spacial score (nSPS) is 29.6. The second-order valence-electron chi connectivity index (χ2n) is 6.11. The van der Waals surface area contributed by atoms with Crippen LogP contribution in [-0.2, 0) is 0 Å². The summed E-state index contributed by atoms with van der Waals surface area (Å²) in [6, 6.07) is 2.63. The zero-order chi connectivity index (χ0) is 13.9. The van der Waals surface area contributed by atoms with Gasteiger partial charge in [0.2, 0.25) is 0 Å². The number of aromatic nitrogens is 1. The Morgan fingerprint density at radius 2 is 2.00 bits per heavy atom. The summed E-state index contributed by atoms with van der Waals surface area (Å²) in [6.07, 6.45) is 9.53. The molecule has 0 aliphatic heterocycles. The highest BCUT2D eigenvalue weighted by atomic mass is 16.5. The lowest BCUT2D eigenvalue weighted by molar-refractivity contribution is 0.337. The molecule has 3 rings (SSSR count). The third-order valence-corrected chi connectivity index (χ3v) is 4.94. The highest BCUT2D eigenvalue weighted by Gasteiger charge is 2.54. The van der Waals surface area contributed by atoms with Crippen LogP contribution in [0, 0.1) is 17.8 Å². The van der Waals surface area contributed by atoms with E-state index in [1.807, 2.05) is 19.3 Å². The minimum Gasteiger partial charge on any atom is -0.492 e. The van der Waals surface area contributed by atoms with Crippen molar-refractivity contribution in [2.45, 2.75) is 45.6 Å². The van der Waals surface area contributed by atoms with Gasteiger partial charge in [0.25, 0.3) is 0 Å². The molecule has 2 saturated carbocycles. The molecule has 0 aromatic carbocycles. The SMILES string of the molecule is CCNC(c1cncc(OCC)c1)C1C2CCCCC21. The van der Waals surface area contributed by atoms with Gasteiger partial charge in [0.15, 0.2) is 0 Å². The quantitative estimate of drug-likeness (QED) is 0.861. The fraction of sp³-hybridized carbons (Fsp3) is 0.706. The minimum atomic E-state index is 0.459. The van der Waals surface area contributed by atoms with E-state index in [1.165, 1.54) is 31.2 Å². The van der Waals surface area contributed by atoms with Gasteiger partial charge in [0.1, 0.15) is 5.75 Å². The van der Waals surface area contributed by atoms with Crippen LogP contribution in [0.1, 0.15) is 51.1 Å². The first-order chi connectivity index (χ1) is 9.85. The predicted octanol–water partition coefficient (Wildman–Crippen LogP) is 3.57. The molecule has 2 fully saturated rings. The van der Waals surface area contributed by atoms with E-state index in [0.717, 1.165) is 30.0 Å². The molecule has 2 aliphatic carbocycles. The van der Waals surface area contributed by atoms with Crippen LogP contribution in [0.2, 0.25) is 0 Å². The van der Waals surface area contributed by atoms with E-state index in [4.69, 9.17) is 4.74 Å². The molecule has 3 unspecified atom stereocenters. The topological polar surface area (TPSA) is 34.2 Å². The summed E-state index contributed by atoms with van der Waals surface area (Å²) in [5, 5.41) is 3.69. The van der Waals surface area contributed by atoms with Crippen molar-refractivity contribution in [2.75, 3.05) is 13.2 Å². The molecule has 0 bridgehead atoms. The summed E-state index contributed by atoms with van der Waals surface area (Å²) in [7, 11) is 0. The van der Waals surface area contributed by atoms with E-state index >= 15 is 0 Å². The molecule has 1 aromatic heterocycles. The average Bonchev–Trinajstić information content (AvgIpc) is 3.19. The molecular formula is C17H26N2O. The molecule has 1 N–H and O–H groups in total. The summed E-state index contributed by atoms with van der Waals surface area (Å²) in [4.78, 5) is 4.37. The van der Waals surface area contributed by atoms with Crippen molar-refractivity contribution >= 4 is 0 Å². The maximum absolute atomic E-state index is 5.60. The van der Waals surface area contributed by atoms with E-state index < -0.39 is 0 Å². The summed E-state index contributed by atoms with van der Waals surface area (Å²) in [6.45, 7) is 5.92. The Labute approximate surface area is 122 Å². The van der Waals surface area contributed by atoms with Gasteiger partial charge < -0.3 is 10.1 Å². The highest BCUT2D eigenvalue weighted by molar-refractivity contribution is 5.28. The molecule has 20 heavy (non-hydrogen) atoms. The molecule has 0 amide bonds. The van der Waals surface area contributed by atoms with E-state index in [-0.39, 0.29) is 0 Å². The van der Waals surface area contributed by atoms with Crippen molar-refractivity contribution < 1.29 is 4.74 Å². The highest BCUT2D eigenvalue weighted by Crippen LogP contribution is 2.60. The van der Waals surface area contributed by atoms with Gasteiger partial charge >= 0.3 is 0 Å². The summed E-state index contributed by atoms with van der Waals surface area (Å²) < 4.78 is 5.60. The second kappa shape index (κ2) is 6.13. The molecule has 0 saturated heterocycles. The molecule has 3 heteroatoms. The van der Waals surface area contributed by atoms with Crippen molar-refractivity contribution in [2.24, 2.45) is 17.8 Å². The zero-order valence-electron chi connectivity index (χ0n) is 12.6. The maximum atomic E-state index is 5.60. The van der Waals surface area contributed by atoms with Crippen LogP contribution in [0.15, 0.2) is 18.5 Å². The van der Waals surface area contributed by atoms with E-state index in [2.05, 4.69) is 23.3 Å². The van der Waals surface area contributed by atoms with Gasteiger partial charge in [0.05, 0.1) is 12.8 Å². The standard InChI is InChI=1S/C17H26N2O/c1-3-19-17(16-14-7-5-6-8-15(14)16)12-9-13(20-4-2)11-18-10-12/h9-11,14-17,19H,3-8H2,1-2H3. The van der Waals surface area contributed by atoms with Crippen LogP contribution in [0.25, 0.3) is 0 Å². The van der Waals surface area contributed by atoms with Crippen LogP contribution < -0.4 is 10.1 Å². The smallest absolute Gasteiger partial charge is 0.137 e. The monoisotopic (exact) mass is 274 g/mol. The molecule has 1 aromatic rings. The molecule has 110 valence electrons. The number of hydrogen-bond acceptors (Lipinski definition) is 3. The lowest BCUT2D eigenvalue weighted by Gasteiger charge is -2.19. The molecule has 2 aliphatic rings. The number of nitrogens with zero attached hydrogens (tertiary/aromatic N) is 1. The maximum Gasteiger partial charge on any atom is 0.137 e. The number of ether oxygens (including phenoxy) is 1. The van der Waals surface area contributed by atoms with Gasteiger partial charge in [-0.1, -0.05) is 19.8 Å². The second-order valence-corrected chi connectivity index (χ2v) is 6.11. The van der Waals surface area contributed by atoms with Crippen LogP contribution in [0.4, 0.5) is 0 Å². The Hall–Kier alpha value is -1.09. The van der Waals surface area contributed by atoms with Crippen molar-refractivity contribution in [1.29, 1.82) is 0 Å². The first-order valence-electron chi connectivity index (χ1n) is 8.16. The lowest BCUT2D eigenvalue weighted by Crippen LogP contribution is -2.24. The van der Waals surface area contributed by atoms with Gasteiger partial charge in [-0.25, -0.2) is 0 Å². The summed E-state index contributed by atoms with van der Waals surface area (Å²) >= 11 is 0. The number of nitrogens with one attached hydrogen (secondary N) is 1. The first kappa shape index (κ1) is 13.9. The predicted molar refractivity (Wildman–Crippen MR) is 80.8 cm³/mol. The average molecular weight is 274 g/mol. The number of fused-ring (bicyclic) bond motifs is 1. The van der Waals surface area contributed by atoms with Crippen LogP contribution in [0.5, 0.6) is 5.75 Å². The van der Waals surface area contributed by atoms with Crippen LogP contribution in [-0.4, -0.2) is 18.1 Å². The third-order valence-electron chi connectivity index (χ3n) is 4.94. The van der Waals surface area contributed by atoms with Crippen LogP contribution >= 0.6 is 0 Å². The fourth-order valence-electron chi connectivity index (χ4n) is 4.09. The van der Waals surface area contributed by atoms with Crippen molar-refractivity contribution in [1.82, 2.24) is 10.3 Å². The lowest BCUT2D eigenvalue weighted by atomic mass is 10.0. The zero-order valence-corrected chi connectivity index (χ0v) is 12.6. The van der Waals surface area contributed by atoms with Gasteiger partial charge in [-0.3, -0.25) is 4.98 Å². The van der Waals surface area contributed by atoms with Crippen LogP contribution in [0.3, 0.4) is 0 Å².